The van der Waals surface area contributed by atoms with Crippen LogP contribution < -0.4 is 0 Å². The Morgan fingerprint density at radius 3 is 3.15 bits per heavy atom. The van der Waals surface area contributed by atoms with Crippen LogP contribution >= 0.6 is 23.4 Å². The van der Waals surface area contributed by atoms with Gasteiger partial charge in [0.1, 0.15) is 5.78 Å². The molecule has 2 unspecified atom stereocenters. The Morgan fingerprint density at radius 1 is 1.50 bits per heavy atom. The summed E-state index contributed by atoms with van der Waals surface area (Å²) in [4.78, 5) is 12.5. The highest BCUT2D eigenvalue weighted by atomic mass is 35.5. The molecule has 2 saturated heterocycles. The van der Waals surface area contributed by atoms with Crippen molar-refractivity contribution >= 4 is 29.1 Å². The van der Waals surface area contributed by atoms with Gasteiger partial charge in [0.25, 0.3) is 0 Å². The third-order valence-electron chi connectivity index (χ3n) is 4.28. The number of ether oxygens (including phenoxy) is 1. The molecule has 0 N–H and O–H groups in total. The van der Waals surface area contributed by atoms with Crippen molar-refractivity contribution in [3.8, 4) is 0 Å². The standard InChI is InChI=1S/C16H19ClO2S/c17-14-3-1-2-12(8-14)9-15(18)13-4-6-19-16(10-13)5-7-20-11-16/h1-3,8,13H,4-7,9-11H2. The zero-order valence-electron chi connectivity index (χ0n) is 11.4. The lowest BCUT2D eigenvalue weighted by Gasteiger charge is -2.37. The fraction of sp³-hybridized carbons (Fsp3) is 0.562. The van der Waals surface area contributed by atoms with Crippen molar-refractivity contribution in [1.29, 1.82) is 0 Å². The maximum absolute atomic E-state index is 12.5. The van der Waals surface area contributed by atoms with Crippen LogP contribution in [0.25, 0.3) is 0 Å². The van der Waals surface area contributed by atoms with Gasteiger partial charge in [-0.2, -0.15) is 11.8 Å². The Morgan fingerprint density at radius 2 is 2.40 bits per heavy atom. The van der Waals surface area contributed by atoms with E-state index < -0.39 is 0 Å². The van der Waals surface area contributed by atoms with E-state index in [-0.39, 0.29) is 11.5 Å². The van der Waals surface area contributed by atoms with Crippen molar-refractivity contribution in [1.82, 2.24) is 0 Å². The predicted molar refractivity (Wildman–Crippen MR) is 83.5 cm³/mol. The highest BCUT2D eigenvalue weighted by Gasteiger charge is 2.42. The smallest absolute Gasteiger partial charge is 0.140 e. The van der Waals surface area contributed by atoms with Gasteiger partial charge in [0.05, 0.1) is 5.60 Å². The van der Waals surface area contributed by atoms with E-state index in [9.17, 15) is 4.79 Å². The maximum atomic E-state index is 12.5. The number of benzene rings is 1. The fourth-order valence-corrected chi connectivity index (χ4v) is 4.75. The second-order valence-corrected chi connectivity index (χ2v) is 7.34. The van der Waals surface area contributed by atoms with Crippen molar-refractivity contribution in [2.75, 3.05) is 18.1 Å². The predicted octanol–water partition coefficient (Wildman–Crippen LogP) is 3.75. The van der Waals surface area contributed by atoms with Crippen molar-refractivity contribution < 1.29 is 9.53 Å². The summed E-state index contributed by atoms with van der Waals surface area (Å²) in [6.07, 6.45) is 3.36. The van der Waals surface area contributed by atoms with Crippen LogP contribution in [0.5, 0.6) is 0 Å². The van der Waals surface area contributed by atoms with Gasteiger partial charge in [-0.05, 0) is 42.7 Å². The van der Waals surface area contributed by atoms with E-state index in [1.165, 1.54) is 0 Å². The van der Waals surface area contributed by atoms with Gasteiger partial charge in [-0.3, -0.25) is 4.79 Å². The van der Waals surface area contributed by atoms with E-state index in [1.54, 1.807) is 0 Å². The molecule has 20 heavy (non-hydrogen) atoms. The van der Waals surface area contributed by atoms with E-state index in [0.29, 0.717) is 17.2 Å². The van der Waals surface area contributed by atoms with Crippen LogP contribution in [0.1, 0.15) is 24.8 Å². The monoisotopic (exact) mass is 310 g/mol. The molecule has 4 heteroatoms. The number of Topliss-reactive ketones (excluding diaryl/α,β-unsaturated/α-hetero) is 1. The van der Waals surface area contributed by atoms with Gasteiger partial charge in [0.15, 0.2) is 0 Å². The second kappa shape index (κ2) is 6.08. The molecule has 1 aromatic rings. The number of carbonyl (C=O) groups is 1. The zero-order valence-corrected chi connectivity index (χ0v) is 13.0. The van der Waals surface area contributed by atoms with Crippen LogP contribution in [0, 0.1) is 5.92 Å². The molecule has 108 valence electrons. The van der Waals surface area contributed by atoms with E-state index in [0.717, 1.165) is 42.9 Å². The molecule has 0 aromatic heterocycles. The average Bonchev–Trinajstić information content (AvgIpc) is 2.87. The summed E-state index contributed by atoms with van der Waals surface area (Å²) in [7, 11) is 0. The quantitative estimate of drug-likeness (QED) is 0.850. The molecule has 2 aliphatic rings. The molecule has 0 amide bonds. The van der Waals surface area contributed by atoms with Crippen LogP contribution in [-0.2, 0) is 16.0 Å². The Hall–Kier alpha value is -0.510. The molecule has 1 aromatic carbocycles. The summed E-state index contributed by atoms with van der Waals surface area (Å²) in [6, 6.07) is 7.61. The number of carbonyl (C=O) groups excluding carboxylic acids is 1. The molecule has 1 spiro atoms. The first kappa shape index (κ1) is 14.4. The van der Waals surface area contributed by atoms with Crippen LogP contribution in [-0.4, -0.2) is 29.5 Å². The van der Waals surface area contributed by atoms with E-state index >= 15 is 0 Å². The summed E-state index contributed by atoms with van der Waals surface area (Å²) in [5.41, 5.74) is 1.00. The van der Waals surface area contributed by atoms with E-state index in [1.807, 2.05) is 36.0 Å². The van der Waals surface area contributed by atoms with Crippen molar-refractivity contribution in [2.24, 2.45) is 5.92 Å². The van der Waals surface area contributed by atoms with Crippen molar-refractivity contribution in [3.63, 3.8) is 0 Å². The number of hydrogen-bond donors (Lipinski definition) is 0. The molecule has 0 radical (unpaired) electrons. The molecule has 2 aliphatic heterocycles. The first-order valence-corrected chi connectivity index (χ1v) is 8.69. The molecule has 2 heterocycles. The van der Waals surface area contributed by atoms with Crippen LogP contribution in [0.2, 0.25) is 5.02 Å². The summed E-state index contributed by atoms with van der Waals surface area (Å²) in [5.74, 6) is 2.71. The van der Waals surface area contributed by atoms with Gasteiger partial charge in [-0.1, -0.05) is 23.7 Å². The lowest BCUT2D eigenvalue weighted by Crippen LogP contribution is -2.42. The lowest BCUT2D eigenvalue weighted by molar-refractivity contribution is -0.133. The third-order valence-corrected chi connectivity index (χ3v) is 5.74. The molecule has 2 atom stereocenters. The van der Waals surface area contributed by atoms with Gasteiger partial charge in [0.2, 0.25) is 0 Å². The number of halogens is 1. The normalized spacial score (nSPS) is 29.8. The number of rotatable bonds is 3. The van der Waals surface area contributed by atoms with E-state index in [4.69, 9.17) is 16.3 Å². The summed E-state index contributed by atoms with van der Waals surface area (Å²) < 4.78 is 5.98. The largest absolute Gasteiger partial charge is 0.374 e. The van der Waals surface area contributed by atoms with Gasteiger partial charge in [0, 0.05) is 29.7 Å². The van der Waals surface area contributed by atoms with Crippen LogP contribution in [0.4, 0.5) is 0 Å². The molecule has 0 aliphatic carbocycles. The van der Waals surface area contributed by atoms with E-state index in [2.05, 4.69) is 0 Å². The molecule has 0 bridgehead atoms. The molecular weight excluding hydrogens is 292 g/mol. The Balaban J connectivity index is 1.65. The highest BCUT2D eigenvalue weighted by Crippen LogP contribution is 2.40. The second-order valence-electron chi connectivity index (χ2n) is 5.80. The van der Waals surface area contributed by atoms with Gasteiger partial charge < -0.3 is 4.74 Å². The number of hydrogen-bond acceptors (Lipinski definition) is 3. The van der Waals surface area contributed by atoms with Crippen molar-refractivity contribution in [3.05, 3.63) is 34.9 Å². The molecule has 3 rings (SSSR count). The lowest BCUT2D eigenvalue weighted by atomic mass is 9.81. The van der Waals surface area contributed by atoms with Crippen LogP contribution in [0.15, 0.2) is 24.3 Å². The Labute approximate surface area is 129 Å². The number of thioether (sulfide) groups is 1. The zero-order chi connectivity index (χ0) is 14.0. The molecule has 2 fully saturated rings. The SMILES string of the molecule is O=C(Cc1cccc(Cl)c1)C1CCOC2(CCSC2)C1. The number of ketones is 1. The minimum atomic E-state index is -0.0163. The van der Waals surface area contributed by atoms with Crippen LogP contribution in [0.3, 0.4) is 0 Å². The van der Waals surface area contributed by atoms with Gasteiger partial charge in [-0.25, -0.2) is 0 Å². The average molecular weight is 311 g/mol. The van der Waals surface area contributed by atoms with Gasteiger partial charge >= 0.3 is 0 Å². The Bertz CT molecular complexity index is 497. The minimum Gasteiger partial charge on any atom is -0.374 e. The van der Waals surface area contributed by atoms with Gasteiger partial charge in [-0.15, -0.1) is 0 Å². The molecular formula is C16H19ClO2S. The minimum absolute atomic E-state index is 0.0163. The topological polar surface area (TPSA) is 26.3 Å². The Kier molecular flexibility index (Phi) is 4.39. The fourth-order valence-electron chi connectivity index (χ4n) is 3.16. The summed E-state index contributed by atoms with van der Waals surface area (Å²) in [6.45, 7) is 0.729. The third kappa shape index (κ3) is 3.21. The first-order chi connectivity index (χ1) is 9.67. The van der Waals surface area contributed by atoms with Crippen molar-refractivity contribution in [2.45, 2.75) is 31.3 Å². The molecule has 2 nitrogen and oxygen atoms in total. The first-order valence-electron chi connectivity index (χ1n) is 7.16. The summed E-state index contributed by atoms with van der Waals surface area (Å²) >= 11 is 7.92. The molecule has 0 saturated carbocycles. The summed E-state index contributed by atoms with van der Waals surface area (Å²) in [5, 5.41) is 0.700. The highest BCUT2D eigenvalue weighted by molar-refractivity contribution is 7.99. The maximum Gasteiger partial charge on any atom is 0.140 e.